The molecule has 1 N–H and O–H groups in total. The molecule has 1 aliphatic rings. The summed E-state index contributed by atoms with van der Waals surface area (Å²) >= 11 is 1.23. The number of nitrogens with one attached hydrogen (secondary N) is 1. The number of para-hydroxylation sites is 3. The highest BCUT2D eigenvalue weighted by atomic mass is 32.2. The van der Waals surface area contributed by atoms with Crippen molar-refractivity contribution in [1.82, 2.24) is 4.90 Å². The largest absolute Gasteiger partial charge is 0.495 e. The second kappa shape index (κ2) is 10.3. The smallest absolute Gasteiger partial charge is 0.238 e. The summed E-state index contributed by atoms with van der Waals surface area (Å²) in [5.41, 5.74) is 1.97. The van der Waals surface area contributed by atoms with Gasteiger partial charge >= 0.3 is 0 Å². The molecule has 0 spiro atoms. The van der Waals surface area contributed by atoms with Crippen LogP contribution in [-0.4, -0.2) is 34.2 Å². The predicted octanol–water partition coefficient (Wildman–Crippen LogP) is 4.99. The molecule has 33 heavy (non-hydrogen) atoms. The topological polar surface area (TPSA) is 71.0 Å². The summed E-state index contributed by atoms with van der Waals surface area (Å²) in [4.78, 5) is 32.3. The highest BCUT2D eigenvalue weighted by molar-refractivity contribution is 8.15. The minimum atomic E-state index is -0.658. The number of carbonyl (C=O) groups is 2. The monoisotopic (exact) mass is 463 g/mol. The fourth-order valence-corrected chi connectivity index (χ4v) is 4.44. The lowest BCUT2D eigenvalue weighted by molar-refractivity contribution is -0.129. The van der Waals surface area contributed by atoms with E-state index in [9.17, 15) is 14.0 Å². The number of halogens is 1. The van der Waals surface area contributed by atoms with Crippen molar-refractivity contribution >= 4 is 40.1 Å². The number of hydrogen-bond donors (Lipinski definition) is 1. The maximum Gasteiger partial charge on any atom is 0.238 e. The Morgan fingerprint density at radius 2 is 1.79 bits per heavy atom. The maximum absolute atomic E-state index is 13.3. The number of nitrogens with zero attached hydrogens (tertiary/aromatic N) is 2. The van der Waals surface area contributed by atoms with E-state index in [1.165, 1.54) is 35.9 Å². The SMILES string of the molecule is COc1ccccc1NC(=O)C1CC(=O)N(Cc2ccc(F)cc2)C(=Nc2ccccc2)S1. The fraction of sp³-hybridized carbons (Fsp3) is 0.160. The zero-order chi connectivity index (χ0) is 23.2. The molecule has 0 radical (unpaired) electrons. The number of thioether (sulfide) groups is 1. The molecule has 0 saturated carbocycles. The third-order valence-electron chi connectivity index (χ3n) is 5.03. The highest BCUT2D eigenvalue weighted by Crippen LogP contribution is 2.32. The van der Waals surface area contributed by atoms with Crippen LogP contribution in [0.5, 0.6) is 5.75 Å². The summed E-state index contributed by atoms with van der Waals surface area (Å²) in [5, 5.41) is 2.62. The van der Waals surface area contributed by atoms with E-state index in [0.29, 0.717) is 22.3 Å². The fourth-order valence-electron chi connectivity index (χ4n) is 3.34. The third-order valence-corrected chi connectivity index (χ3v) is 6.22. The zero-order valence-electron chi connectivity index (χ0n) is 17.9. The lowest BCUT2D eigenvalue weighted by atomic mass is 10.2. The Hall–Kier alpha value is -3.65. The van der Waals surface area contributed by atoms with Crippen molar-refractivity contribution in [3.05, 3.63) is 90.2 Å². The van der Waals surface area contributed by atoms with Crippen LogP contribution in [0.2, 0.25) is 0 Å². The van der Waals surface area contributed by atoms with E-state index in [-0.39, 0.29) is 30.6 Å². The molecule has 1 aliphatic heterocycles. The van der Waals surface area contributed by atoms with Gasteiger partial charge in [0.1, 0.15) is 16.8 Å². The van der Waals surface area contributed by atoms with Gasteiger partial charge in [0.15, 0.2) is 5.17 Å². The first-order chi connectivity index (χ1) is 16.0. The summed E-state index contributed by atoms with van der Waals surface area (Å²) in [6.45, 7) is 0.235. The van der Waals surface area contributed by atoms with Crippen LogP contribution in [0.15, 0.2) is 83.9 Å². The number of aliphatic imine (C=N–C) groups is 1. The Kier molecular flexibility index (Phi) is 7.04. The summed E-state index contributed by atoms with van der Waals surface area (Å²) in [5.74, 6) is -0.341. The Morgan fingerprint density at radius 3 is 2.52 bits per heavy atom. The van der Waals surface area contributed by atoms with Gasteiger partial charge in [-0.15, -0.1) is 0 Å². The van der Waals surface area contributed by atoms with Gasteiger partial charge in [-0.2, -0.15) is 0 Å². The molecule has 0 bridgehead atoms. The van der Waals surface area contributed by atoms with Crippen LogP contribution in [-0.2, 0) is 16.1 Å². The van der Waals surface area contributed by atoms with Gasteiger partial charge in [0, 0.05) is 6.42 Å². The normalized spacial score (nSPS) is 17.2. The second-order valence-electron chi connectivity index (χ2n) is 7.34. The van der Waals surface area contributed by atoms with Gasteiger partial charge in [-0.3, -0.25) is 14.5 Å². The van der Waals surface area contributed by atoms with Gasteiger partial charge in [0.25, 0.3) is 0 Å². The predicted molar refractivity (Wildman–Crippen MR) is 128 cm³/mol. The Bertz CT molecular complexity index is 1170. The van der Waals surface area contributed by atoms with E-state index in [1.807, 2.05) is 36.4 Å². The van der Waals surface area contributed by atoms with Crippen LogP contribution in [0.1, 0.15) is 12.0 Å². The summed E-state index contributed by atoms with van der Waals surface area (Å²) < 4.78 is 18.6. The molecule has 168 valence electrons. The molecule has 0 aromatic heterocycles. The first-order valence-corrected chi connectivity index (χ1v) is 11.2. The Balaban J connectivity index is 1.59. The molecule has 6 nitrogen and oxygen atoms in total. The minimum absolute atomic E-state index is 0.0145. The molecular weight excluding hydrogens is 441 g/mol. The number of amides is 2. The molecule has 1 heterocycles. The lowest BCUT2D eigenvalue weighted by Crippen LogP contribution is -2.44. The third kappa shape index (κ3) is 5.59. The van der Waals surface area contributed by atoms with Crippen LogP contribution in [0.25, 0.3) is 0 Å². The molecular formula is C25H22FN3O3S. The molecule has 3 aromatic carbocycles. The standard InChI is InChI=1S/C25H22FN3O3S/c1-32-21-10-6-5-9-20(21)28-24(31)22-15-23(30)29(16-17-11-13-18(26)14-12-17)25(33-22)27-19-7-3-2-4-8-19/h2-14,22H,15-16H2,1H3,(H,28,31). The summed E-state index contributed by atoms with van der Waals surface area (Å²) in [6, 6.07) is 22.3. The molecule has 1 saturated heterocycles. The van der Waals surface area contributed by atoms with E-state index < -0.39 is 5.25 Å². The molecule has 1 atom stereocenters. The van der Waals surface area contributed by atoms with Crippen LogP contribution < -0.4 is 10.1 Å². The van der Waals surface area contributed by atoms with Gasteiger partial charge in [0.05, 0.1) is 25.0 Å². The van der Waals surface area contributed by atoms with Crippen LogP contribution in [0.4, 0.5) is 15.8 Å². The molecule has 1 fully saturated rings. The van der Waals surface area contributed by atoms with Crippen molar-refractivity contribution in [2.45, 2.75) is 18.2 Å². The second-order valence-corrected chi connectivity index (χ2v) is 8.51. The zero-order valence-corrected chi connectivity index (χ0v) is 18.7. The van der Waals surface area contributed by atoms with E-state index in [1.54, 1.807) is 30.3 Å². The summed E-state index contributed by atoms with van der Waals surface area (Å²) in [6.07, 6.45) is 0.0145. The van der Waals surface area contributed by atoms with E-state index in [0.717, 1.165) is 5.56 Å². The van der Waals surface area contributed by atoms with Gasteiger partial charge in [0.2, 0.25) is 11.8 Å². The number of carbonyl (C=O) groups excluding carboxylic acids is 2. The van der Waals surface area contributed by atoms with Crippen LogP contribution in [0, 0.1) is 5.82 Å². The number of amidine groups is 1. The average molecular weight is 464 g/mol. The van der Waals surface area contributed by atoms with Gasteiger partial charge < -0.3 is 10.1 Å². The Morgan fingerprint density at radius 1 is 1.09 bits per heavy atom. The van der Waals surface area contributed by atoms with Gasteiger partial charge in [-0.1, -0.05) is 54.2 Å². The number of benzene rings is 3. The van der Waals surface area contributed by atoms with Gasteiger partial charge in [-0.05, 0) is 42.0 Å². The number of anilines is 1. The molecule has 4 rings (SSSR count). The lowest BCUT2D eigenvalue weighted by Gasteiger charge is -2.32. The molecule has 3 aromatic rings. The van der Waals surface area contributed by atoms with Crippen molar-refractivity contribution in [3.63, 3.8) is 0 Å². The van der Waals surface area contributed by atoms with Crippen LogP contribution in [0.3, 0.4) is 0 Å². The molecule has 8 heteroatoms. The highest BCUT2D eigenvalue weighted by Gasteiger charge is 2.36. The van der Waals surface area contributed by atoms with E-state index in [4.69, 9.17) is 4.74 Å². The van der Waals surface area contributed by atoms with Gasteiger partial charge in [-0.25, -0.2) is 9.38 Å². The summed E-state index contributed by atoms with van der Waals surface area (Å²) in [7, 11) is 1.53. The van der Waals surface area contributed by atoms with Crippen molar-refractivity contribution in [1.29, 1.82) is 0 Å². The molecule has 0 aliphatic carbocycles. The Labute approximate surface area is 195 Å². The van der Waals surface area contributed by atoms with Crippen molar-refractivity contribution in [2.24, 2.45) is 4.99 Å². The van der Waals surface area contributed by atoms with Crippen LogP contribution >= 0.6 is 11.8 Å². The molecule has 1 unspecified atom stereocenters. The molecule has 2 amide bonds. The van der Waals surface area contributed by atoms with Crippen molar-refractivity contribution < 1.29 is 18.7 Å². The van der Waals surface area contributed by atoms with Crippen molar-refractivity contribution in [3.8, 4) is 5.75 Å². The minimum Gasteiger partial charge on any atom is -0.495 e. The van der Waals surface area contributed by atoms with E-state index >= 15 is 0 Å². The number of hydrogen-bond acceptors (Lipinski definition) is 5. The number of ether oxygens (including phenoxy) is 1. The van der Waals surface area contributed by atoms with Crippen molar-refractivity contribution in [2.75, 3.05) is 12.4 Å². The maximum atomic E-state index is 13.3. The first kappa shape index (κ1) is 22.5. The average Bonchev–Trinajstić information content (AvgIpc) is 2.83. The first-order valence-electron chi connectivity index (χ1n) is 10.3. The number of methoxy groups -OCH3 is 1. The van der Waals surface area contributed by atoms with E-state index in [2.05, 4.69) is 10.3 Å². The quantitative estimate of drug-likeness (QED) is 0.559. The number of rotatable bonds is 6.